The number of halogens is 1. The summed E-state index contributed by atoms with van der Waals surface area (Å²) in [7, 11) is 1.84. The minimum atomic E-state index is -0.276. The van der Waals surface area contributed by atoms with E-state index in [0.717, 1.165) is 17.0 Å². The van der Waals surface area contributed by atoms with Crippen molar-refractivity contribution in [2.45, 2.75) is 13.0 Å². The van der Waals surface area contributed by atoms with E-state index in [-0.39, 0.29) is 11.9 Å². The highest BCUT2D eigenvalue weighted by molar-refractivity contribution is 5.29. The summed E-state index contributed by atoms with van der Waals surface area (Å²) < 4.78 is 14.9. The van der Waals surface area contributed by atoms with Gasteiger partial charge >= 0.3 is 0 Å². The molecule has 1 heterocycles. The Labute approximate surface area is 99.2 Å². The Kier molecular flexibility index (Phi) is 3.21. The third-order valence-electron chi connectivity index (χ3n) is 2.68. The second kappa shape index (κ2) is 4.65. The van der Waals surface area contributed by atoms with Crippen LogP contribution in [0.25, 0.3) is 0 Å². The van der Waals surface area contributed by atoms with Crippen molar-refractivity contribution >= 4 is 0 Å². The number of aryl methyl sites for hydroxylation is 2. The van der Waals surface area contributed by atoms with Gasteiger partial charge in [-0.1, -0.05) is 12.1 Å². The molecule has 90 valence electrons. The molecular formula is C12H15FN4. The highest BCUT2D eigenvalue weighted by atomic mass is 19.1. The topological polar surface area (TPSA) is 55.9 Å². The summed E-state index contributed by atoms with van der Waals surface area (Å²) in [5.41, 5.74) is 5.26. The number of nitrogens with one attached hydrogen (secondary N) is 1. The van der Waals surface area contributed by atoms with E-state index in [1.54, 1.807) is 10.7 Å². The molecule has 1 atom stereocenters. The first kappa shape index (κ1) is 11.8. The zero-order valence-electron chi connectivity index (χ0n) is 9.81. The Morgan fingerprint density at radius 3 is 2.71 bits per heavy atom. The van der Waals surface area contributed by atoms with Gasteiger partial charge in [-0.3, -0.25) is 10.5 Å². The second-order valence-electron chi connectivity index (χ2n) is 3.99. The molecule has 0 aliphatic carbocycles. The lowest BCUT2D eigenvalue weighted by molar-refractivity contribution is 0.566. The molecule has 4 nitrogen and oxygen atoms in total. The smallest absolute Gasteiger partial charge is 0.123 e. The molecule has 0 aliphatic heterocycles. The van der Waals surface area contributed by atoms with Crippen LogP contribution in [0.1, 0.15) is 23.0 Å². The Morgan fingerprint density at radius 2 is 2.18 bits per heavy atom. The van der Waals surface area contributed by atoms with E-state index >= 15 is 0 Å². The van der Waals surface area contributed by atoms with Crippen LogP contribution < -0.4 is 11.3 Å². The largest absolute Gasteiger partial charge is 0.271 e. The van der Waals surface area contributed by atoms with Gasteiger partial charge in [0.1, 0.15) is 5.82 Å². The standard InChI is InChI=1S/C12H15FN4/c1-8-6-11(17(2)16-8)12(15-14)9-4-3-5-10(13)7-9/h3-7,12,15H,14H2,1-2H3. The Bertz CT molecular complexity index is 521. The molecular weight excluding hydrogens is 219 g/mol. The van der Waals surface area contributed by atoms with Crippen LogP contribution in [0.15, 0.2) is 30.3 Å². The number of hydrogen-bond acceptors (Lipinski definition) is 3. The molecule has 0 radical (unpaired) electrons. The lowest BCUT2D eigenvalue weighted by Gasteiger charge is -2.16. The van der Waals surface area contributed by atoms with Gasteiger partial charge in [-0.25, -0.2) is 9.82 Å². The van der Waals surface area contributed by atoms with Gasteiger partial charge in [0, 0.05) is 7.05 Å². The summed E-state index contributed by atoms with van der Waals surface area (Å²) in [6, 6.07) is 8.03. The van der Waals surface area contributed by atoms with Gasteiger partial charge in [-0.15, -0.1) is 0 Å². The van der Waals surface area contributed by atoms with Gasteiger partial charge in [0.25, 0.3) is 0 Å². The minimum Gasteiger partial charge on any atom is -0.271 e. The fourth-order valence-electron chi connectivity index (χ4n) is 1.94. The summed E-state index contributed by atoms with van der Waals surface area (Å²) in [6.45, 7) is 1.91. The molecule has 1 aromatic carbocycles. The van der Waals surface area contributed by atoms with Crippen molar-refractivity contribution in [2.75, 3.05) is 0 Å². The number of hydrazine groups is 1. The van der Waals surface area contributed by atoms with Crippen LogP contribution in [0.2, 0.25) is 0 Å². The first-order valence-electron chi connectivity index (χ1n) is 5.34. The lowest BCUT2D eigenvalue weighted by atomic mass is 10.0. The van der Waals surface area contributed by atoms with Gasteiger partial charge in [0.05, 0.1) is 17.4 Å². The molecule has 0 amide bonds. The van der Waals surface area contributed by atoms with Crippen molar-refractivity contribution < 1.29 is 4.39 Å². The highest BCUT2D eigenvalue weighted by Gasteiger charge is 2.17. The van der Waals surface area contributed by atoms with Crippen LogP contribution in [0.4, 0.5) is 4.39 Å². The average molecular weight is 234 g/mol. The molecule has 1 aromatic heterocycles. The summed E-state index contributed by atoms with van der Waals surface area (Å²) >= 11 is 0. The number of hydrogen-bond donors (Lipinski definition) is 2. The third kappa shape index (κ3) is 2.35. The fraction of sp³-hybridized carbons (Fsp3) is 0.250. The summed E-state index contributed by atoms with van der Waals surface area (Å²) in [4.78, 5) is 0. The first-order valence-corrected chi connectivity index (χ1v) is 5.34. The number of aromatic nitrogens is 2. The molecule has 2 aromatic rings. The zero-order chi connectivity index (χ0) is 12.4. The van der Waals surface area contributed by atoms with E-state index in [2.05, 4.69) is 10.5 Å². The molecule has 0 saturated heterocycles. The first-order chi connectivity index (χ1) is 8.11. The average Bonchev–Trinajstić information content (AvgIpc) is 2.59. The van der Waals surface area contributed by atoms with Crippen LogP contribution in [-0.2, 0) is 7.05 Å². The zero-order valence-corrected chi connectivity index (χ0v) is 9.81. The monoisotopic (exact) mass is 234 g/mol. The number of nitrogens with two attached hydrogens (primary N) is 1. The lowest BCUT2D eigenvalue weighted by Crippen LogP contribution is -2.30. The van der Waals surface area contributed by atoms with E-state index in [0.29, 0.717) is 0 Å². The maximum atomic E-state index is 13.2. The molecule has 0 fully saturated rings. The van der Waals surface area contributed by atoms with Crippen LogP contribution in [0.5, 0.6) is 0 Å². The van der Waals surface area contributed by atoms with Gasteiger partial charge < -0.3 is 0 Å². The van der Waals surface area contributed by atoms with Crippen molar-refractivity contribution in [3.05, 3.63) is 53.1 Å². The van der Waals surface area contributed by atoms with E-state index in [9.17, 15) is 4.39 Å². The van der Waals surface area contributed by atoms with Crippen molar-refractivity contribution in [1.29, 1.82) is 0 Å². The van der Waals surface area contributed by atoms with Crippen LogP contribution in [-0.4, -0.2) is 9.78 Å². The maximum absolute atomic E-state index is 13.2. The predicted molar refractivity (Wildman–Crippen MR) is 63.5 cm³/mol. The fourth-order valence-corrected chi connectivity index (χ4v) is 1.94. The highest BCUT2D eigenvalue weighted by Crippen LogP contribution is 2.22. The Morgan fingerprint density at radius 1 is 1.41 bits per heavy atom. The summed E-state index contributed by atoms with van der Waals surface area (Å²) in [6.07, 6.45) is 0. The second-order valence-corrected chi connectivity index (χ2v) is 3.99. The van der Waals surface area contributed by atoms with E-state index < -0.39 is 0 Å². The van der Waals surface area contributed by atoms with Crippen molar-refractivity contribution in [3.63, 3.8) is 0 Å². The normalized spacial score (nSPS) is 12.7. The third-order valence-corrected chi connectivity index (χ3v) is 2.68. The minimum absolute atomic E-state index is 0.267. The number of rotatable bonds is 3. The van der Waals surface area contributed by atoms with E-state index in [1.165, 1.54) is 12.1 Å². The molecule has 0 spiro atoms. The Balaban J connectivity index is 2.43. The van der Waals surface area contributed by atoms with Crippen LogP contribution >= 0.6 is 0 Å². The SMILES string of the molecule is Cc1cc(C(NN)c2cccc(F)c2)n(C)n1. The van der Waals surface area contributed by atoms with E-state index in [1.807, 2.05) is 26.1 Å². The van der Waals surface area contributed by atoms with Crippen molar-refractivity contribution in [1.82, 2.24) is 15.2 Å². The van der Waals surface area contributed by atoms with Crippen LogP contribution in [0, 0.1) is 12.7 Å². The number of benzene rings is 1. The molecule has 0 saturated carbocycles. The molecule has 0 bridgehead atoms. The molecule has 3 N–H and O–H groups in total. The van der Waals surface area contributed by atoms with Crippen LogP contribution in [0.3, 0.4) is 0 Å². The summed E-state index contributed by atoms with van der Waals surface area (Å²) in [5.74, 6) is 5.28. The number of nitrogens with zero attached hydrogens (tertiary/aromatic N) is 2. The quantitative estimate of drug-likeness (QED) is 0.624. The molecule has 17 heavy (non-hydrogen) atoms. The molecule has 5 heteroatoms. The van der Waals surface area contributed by atoms with Gasteiger partial charge in [0.15, 0.2) is 0 Å². The molecule has 1 unspecified atom stereocenters. The summed E-state index contributed by atoms with van der Waals surface area (Å²) in [5, 5.41) is 4.26. The Hall–Kier alpha value is -1.72. The predicted octanol–water partition coefficient (Wildman–Crippen LogP) is 1.42. The van der Waals surface area contributed by atoms with E-state index in [4.69, 9.17) is 5.84 Å². The van der Waals surface area contributed by atoms with Gasteiger partial charge in [-0.05, 0) is 30.7 Å². The van der Waals surface area contributed by atoms with Gasteiger partial charge in [-0.2, -0.15) is 5.10 Å². The van der Waals surface area contributed by atoms with Gasteiger partial charge in [0.2, 0.25) is 0 Å². The molecule has 2 rings (SSSR count). The van der Waals surface area contributed by atoms with Crippen molar-refractivity contribution in [3.8, 4) is 0 Å². The van der Waals surface area contributed by atoms with Crippen molar-refractivity contribution in [2.24, 2.45) is 12.9 Å². The molecule has 0 aliphatic rings. The maximum Gasteiger partial charge on any atom is 0.123 e.